The predicted octanol–water partition coefficient (Wildman–Crippen LogP) is 0.477. The molecule has 0 saturated heterocycles. The molecule has 1 aromatic rings. The molecule has 1 rings (SSSR count). The Kier molecular flexibility index (Phi) is 7.66. The van der Waals surface area contributed by atoms with Gasteiger partial charge in [-0.2, -0.15) is 8.42 Å². The number of ketones is 1. The largest absolute Gasteiger partial charge is 0.445 e. The van der Waals surface area contributed by atoms with Crippen molar-refractivity contribution in [1.82, 2.24) is 5.32 Å². The first-order chi connectivity index (χ1) is 10.8. The monoisotopic (exact) mass is 344 g/mol. The van der Waals surface area contributed by atoms with Crippen molar-refractivity contribution in [3.63, 3.8) is 0 Å². The highest BCUT2D eigenvalue weighted by atomic mass is 32.2. The zero-order valence-electron chi connectivity index (χ0n) is 12.5. The number of rotatable bonds is 9. The summed E-state index contributed by atoms with van der Waals surface area (Å²) in [5, 5.41) is 0.441. The summed E-state index contributed by atoms with van der Waals surface area (Å²) in [5.41, 5.74) is 6.01. The highest BCUT2D eigenvalue weighted by molar-refractivity contribution is 7.87. The van der Waals surface area contributed by atoms with Crippen molar-refractivity contribution in [1.29, 1.82) is 0 Å². The molecule has 0 aliphatic carbocycles. The molecule has 1 amide bonds. The van der Waals surface area contributed by atoms with Crippen molar-refractivity contribution in [2.24, 2.45) is 5.73 Å². The molecule has 0 spiro atoms. The fraction of sp³-hybridized carbons (Fsp3) is 0.429. The van der Waals surface area contributed by atoms with Crippen LogP contribution in [0.3, 0.4) is 0 Å². The molecule has 0 aromatic heterocycles. The average molecular weight is 344 g/mol. The van der Waals surface area contributed by atoms with Crippen molar-refractivity contribution in [2.45, 2.75) is 24.7 Å². The Bertz CT molecular complexity index is 617. The number of alkyl carbamates (subject to hydrolysis) is 1. The molecule has 0 aliphatic rings. The van der Waals surface area contributed by atoms with Gasteiger partial charge < -0.3 is 15.8 Å². The van der Waals surface area contributed by atoms with Crippen molar-refractivity contribution in [3.8, 4) is 0 Å². The molecule has 0 bridgehead atoms. The van der Waals surface area contributed by atoms with Crippen LogP contribution in [0.4, 0.5) is 4.79 Å². The fourth-order valence-corrected chi connectivity index (χ4v) is 2.52. The van der Waals surface area contributed by atoms with Crippen LogP contribution in [0.25, 0.3) is 0 Å². The number of hydrogen-bond acceptors (Lipinski definition) is 6. The topological polar surface area (TPSA) is 136 Å². The molecular weight excluding hydrogens is 324 g/mol. The number of benzene rings is 1. The van der Waals surface area contributed by atoms with E-state index in [9.17, 15) is 18.0 Å². The van der Waals surface area contributed by atoms with Gasteiger partial charge in [0.25, 0.3) is 10.1 Å². The SMILES string of the molecule is NCCCC(=O)C(CNC(=O)OCc1ccccc1)S(=O)(=O)O. The van der Waals surface area contributed by atoms with Crippen LogP contribution in [-0.4, -0.2) is 43.2 Å². The summed E-state index contributed by atoms with van der Waals surface area (Å²) in [5.74, 6) is -0.707. The Balaban J connectivity index is 2.50. The average Bonchev–Trinajstić information content (AvgIpc) is 2.50. The maximum Gasteiger partial charge on any atom is 0.407 e. The molecule has 0 radical (unpaired) electrons. The van der Waals surface area contributed by atoms with E-state index in [-0.39, 0.29) is 19.6 Å². The lowest BCUT2D eigenvalue weighted by atomic mass is 10.1. The van der Waals surface area contributed by atoms with Gasteiger partial charge in [-0.1, -0.05) is 30.3 Å². The van der Waals surface area contributed by atoms with Gasteiger partial charge in [-0.05, 0) is 18.5 Å². The van der Waals surface area contributed by atoms with E-state index >= 15 is 0 Å². The van der Waals surface area contributed by atoms with E-state index in [1.165, 1.54) is 0 Å². The van der Waals surface area contributed by atoms with E-state index in [0.29, 0.717) is 6.42 Å². The number of nitrogens with two attached hydrogens (primary N) is 1. The number of carbonyl (C=O) groups excluding carboxylic acids is 2. The number of carbonyl (C=O) groups is 2. The second-order valence-electron chi connectivity index (χ2n) is 4.80. The minimum absolute atomic E-state index is 0.00430. The summed E-state index contributed by atoms with van der Waals surface area (Å²) in [7, 11) is -4.62. The van der Waals surface area contributed by atoms with Gasteiger partial charge in [-0.15, -0.1) is 0 Å². The van der Waals surface area contributed by atoms with Crippen molar-refractivity contribution in [2.75, 3.05) is 13.1 Å². The van der Waals surface area contributed by atoms with Crippen LogP contribution in [0.2, 0.25) is 0 Å². The van der Waals surface area contributed by atoms with E-state index in [0.717, 1.165) is 5.56 Å². The maximum absolute atomic E-state index is 11.8. The van der Waals surface area contributed by atoms with E-state index in [1.807, 2.05) is 6.07 Å². The number of hydrogen-bond donors (Lipinski definition) is 3. The highest BCUT2D eigenvalue weighted by Gasteiger charge is 2.30. The van der Waals surface area contributed by atoms with Gasteiger partial charge in [0, 0.05) is 13.0 Å². The lowest BCUT2D eigenvalue weighted by Crippen LogP contribution is -2.41. The summed E-state index contributed by atoms with van der Waals surface area (Å²) >= 11 is 0. The number of nitrogens with one attached hydrogen (secondary N) is 1. The van der Waals surface area contributed by atoms with Crippen LogP contribution in [0.15, 0.2) is 30.3 Å². The molecule has 8 nitrogen and oxygen atoms in total. The zero-order valence-corrected chi connectivity index (χ0v) is 13.3. The molecule has 0 aliphatic heterocycles. The van der Waals surface area contributed by atoms with Gasteiger partial charge in [0.05, 0.1) is 0 Å². The van der Waals surface area contributed by atoms with E-state index in [1.54, 1.807) is 24.3 Å². The first-order valence-corrected chi connectivity index (χ1v) is 8.48. The molecule has 128 valence electrons. The van der Waals surface area contributed by atoms with Gasteiger partial charge in [-0.25, -0.2) is 4.79 Å². The molecule has 1 aromatic carbocycles. The van der Waals surface area contributed by atoms with Crippen LogP contribution in [0.5, 0.6) is 0 Å². The normalized spacial score (nSPS) is 12.4. The van der Waals surface area contributed by atoms with E-state index in [2.05, 4.69) is 5.32 Å². The lowest BCUT2D eigenvalue weighted by molar-refractivity contribution is -0.118. The van der Waals surface area contributed by atoms with Crippen molar-refractivity contribution in [3.05, 3.63) is 35.9 Å². The third-order valence-corrected chi connectivity index (χ3v) is 4.14. The fourth-order valence-electron chi connectivity index (χ4n) is 1.77. The Morgan fingerprint density at radius 3 is 2.48 bits per heavy atom. The van der Waals surface area contributed by atoms with Crippen LogP contribution < -0.4 is 11.1 Å². The van der Waals surface area contributed by atoms with E-state index < -0.39 is 33.8 Å². The van der Waals surface area contributed by atoms with Crippen LogP contribution >= 0.6 is 0 Å². The van der Waals surface area contributed by atoms with Gasteiger partial charge >= 0.3 is 6.09 Å². The molecule has 1 atom stereocenters. The smallest absolute Gasteiger partial charge is 0.407 e. The predicted molar refractivity (Wildman–Crippen MR) is 83.3 cm³/mol. The minimum atomic E-state index is -4.62. The minimum Gasteiger partial charge on any atom is -0.445 e. The van der Waals surface area contributed by atoms with Crippen LogP contribution in [0, 0.1) is 0 Å². The Labute approximate surface area is 134 Å². The molecule has 4 N–H and O–H groups in total. The third kappa shape index (κ3) is 7.22. The summed E-state index contributed by atoms with van der Waals surface area (Å²) < 4.78 is 36.5. The second-order valence-corrected chi connectivity index (χ2v) is 6.40. The molecule has 0 saturated carbocycles. The summed E-state index contributed by atoms with van der Waals surface area (Å²) in [6, 6.07) is 8.88. The van der Waals surface area contributed by atoms with Crippen molar-refractivity contribution >= 4 is 22.0 Å². The summed E-state index contributed by atoms with van der Waals surface area (Å²) in [6.07, 6.45) is -0.681. The summed E-state index contributed by atoms with van der Waals surface area (Å²) in [4.78, 5) is 23.3. The first kappa shape index (κ1) is 19.1. The Morgan fingerprint density at radius 2 is 1.91 bits per heavy atom. The van der Waals surface area contributed by atoms with Gasteiger partial charge in [-0.3, -0.25) is 9.35 Å². The molecule has 9 heteroatoms. The van der Waals surface area contributed by atoms with Gasteiger partial charge in [0.15, 0.2) is 11.0 Å². The lowest BCUT2D eigenvalue weighted by Gasteiger charge is -2.14. The van der Waals surface area contributed by atoms with Crippen LogP contribution in [0.1, 0.15) is 18.4 Å². The Hall–Kier alpha value is -1.97. The standard InChI is InChI=1S/C14H20N2O6S/c15-8-4-7-12(17)13(23(19,20)21)9-16-14(18)22-10-11-5-2-1-3-6-11/h1-3,5-6,13H,4,7-10,15H2,(H,16,18)(H,19,20,21). The van der Waals surface area contributed by atoms with Gasteiger partial charge in [0.1, 0.15) is 6.61 Å². The van der Waals surface area contributed by atoms with E-state index in [4.69, 9.17) is 15.0 Å². The number of amides is 1. The number of ether oxygens (including phenoxy) is 1. The molecule has 0 heterocycles. The molecule has 0 fully saturated rings. The third-order valence-electron chi connectivity index (χ3n) is 2.99. The molecule has 23 heavy (non-hydrogen) atoms. The second kappa shape index (κ2) is 9.23. The Morgan fingerprint density at radius 1 is 1.26 bits per heavy atom. The quantitative estimate of drug-likeness (QED) is 0.554. The zero-order chi connectivity index (χ0) is 17.3. The summed E-state index contributed by atoms with van der Waals surface area (Å²) in [6.45, 7) is -0.337. The molecular formula is C14H20N2O6S. The number of Topliss-reactive ketones (excluding diaryl/α,β-unsaturated/α-hetero) is 1. The van der Waals surface area contributed by atoms with Crippen molar-refractivity contribution < 1.29 is 27.3 Å². The first-order valence-electron chi connectivity index (χ1n) is 6.98. The molecule has 1 unspecified atom stereocenters. The van der Waals surface area contributed by atoms with Gasteiger partial charge in [0.2, 0.25) is 0 Å². The maximum atomic E-state index is 11.8. The highest BCUT2D eigenvalue weighted by Crippen LogP contribution is 2.05. The van der Waals surface area contributed by atoms with Crippen LogP contribution in [-0.2, 0) is 26.3 Å².